The highest BCUT2D eigenvalue weighted by Crippen LogP contribution is 2.40. The number of nitro benzene ring substituents is 1. The van der Waals surface area contributed by atoms with Gasteiger partial charge in [0.25, 0.3) is 5.69 Å². The maximum Gasteiger partial charge on any atom is 0.283 e. The minimum atomic E-state index is -0.464. The molecule has 1 amide bonds. The van der Waals surface area contributed by atoms with Crippen molar-refractivity contribution in [2.24, 2.45) is 0 Å². The lowest BCUT2D eigenvalue weighted by Gasteiger charge is -2.06. The molecular formula is C14H10N2O4S. The molecule has 0 unspecified atom stereocenters. The number of rotatable bonds is 3. The Morgan fingerprint density at radius 3 is 2.81 bits per heavy atom. The van der Waals surface area contributed by atoms with Gasteiger partial charge in [-0.05, 0) is 29.8 Å². The number of nitrogens with one attached hydrogen (secondary N) is 1. The molecule has 3 rings (SSSR count). The van der Waals surface area contributed by atoms with E-state index in [9.17, 15) is 20.0 Å². The number of hydrogen-bond donors (Lipinski definition) is 2. The molecule has 1 aliphatic rings. The van der Waals surface area contributed by atoms with Gasteiger partial charge in [-0.3, -0.25) is 14.9 Å². The van der Waals surface area contributed by atoms with Crippen molar-refractivity contribution in [3.05, 3.63) is 52.1 Å². The third-order valence-electron chi connectivity index (χ3n) is 3.05. The number of anilines is 1. The van der Waals surface area contributed by atoms with Crippen LogP contribution >= 0.6 is 11.8 Å². The SMILES string of the molecule is O=C1Cc2cc([N+](=O)[O-])c(Sc3cccc(O)c3)cc2N1. The predicted octanol–water partition coefficient (Wildman–Crippen LogP) is 2.95. The van der Waals surface area contributed by atoms with Crippen molar-refractivity contribution in [1.29, 1.82) is 0 Å². The molecule has 0 saturated carbocycles. The molecule has 0 radical (unpaired) electrons. The third kappa shape index (κ3) is 2.68. The van der Waals surface area contributed by atoms with E-state index in [0.717, 1.165) is 0 Å². The lowest BCUT2D eigenvalue weighted by molar-refractivity contribution is -0.387. The van der Waals surface area contributed by atoms with Gasteiger partial charge in [-0.15, -0.1) is 0 Å². The van der Waals surface area contributed by atoms with E-state index in [1.807, 2.05) is 0 Å². The number of carbonyl (C=O) groups excluding carboxylic acids is 1. The van der Waals surface area contributed by atoms with Crippen LogP contribution in [0.5, 0.6) is 5.75 Å². The van der Waals surface area contributed by atoms with E-state index in [-0.39, 0.29) is 23.8 Å². The van der Waals surface area contributed by atoms with Crippen LogP contribution in [0.15, 0.2) is 46.2 Å². The summed E-state index contributed by atoms with van der Waals surface area (Å²) in [6, 6.07) is 9.51. The fourth-order valence-electron chi connectivity index (χ4n) is 2.14. The molecule has 6 nitrogen and oxygen atoms in total. The van der Waals surface area contributed by atoms with E-state index in [1.165, 1.54) is 30.0 Å². The maximum absolute atomic E-state index is 11.4. The third-order valence-corrected chi connectivity index (χ3v) is 4.09. The van der Waals surface area contributed by atoms with Gasteiger partial charge in [0.1, 0.15) is 5.75 Å². The largest absolute Gasteiger partial charge is 0.508 e. The van der Waals surface area contributed by atoms with Crippen molar-refractivity contribution in [3.63, 3.8) is 0 Å². The lowest BCUT2D eigenvalue weighted by atomic mass is 10.1. The van der Waals surface area contributed by atoms with E-state index in [1.54, 1.807) is 18.2 Å². The van der Waals surface area contributed by atoms with Crippen molar-refractivity contribution in [3.8, 4) is 5.75 Å². The number of amides is 1. The van der Waals surface area contributed by atoms with E-state index in [2.05, 4.69) is 5.32 Å². The molecule has 2 N–H and O–H groups in total. The number of aromatic hydroxyl groups is 1. The Morgan fingerprint density at radius 2 is 2.10 bits per heavy atom. The highest BCUT2D eigenvalue weighted by Gasteiger charge is 2.25. The van der Waals surface area contributed by atoms with Crippen LogP contribution in [0.3, 0.4) is 0 Å². The summed E-state index contributed by atoms with van der Waals surface area (Å²) < 4.78 is 0. The quantitative estimate of drug-likeness (QED) is 0.671. The molecule has 7 heteroatoms. The van der Waals surface area contributed by atoms with Gasteiger partial charge in [0, 0.05) is 16.6 Å². The number of phenols is 1. The first kappa shape index (κ1) is 13.4. The summed E-state index contributed by atoms with van der Waals surface area (Å²) in [5, 5.41) is 23.3. The summed E-state index contributed by atoms with van der Waals surface area (Å²) in [6.07, 6.45) is 0.160. The molecule has 0 aliphatic carbocycles. The van der Waals surface area contributed by atoms with Crippen LogP contribution < -0.4 is 5.32 Å². The molecule has 2 aromatic rings. The molecule has 0 spiro atoms. The second-order valence-electron chi connectivity index (χ2n) is 4.56. The monoisotopic (exact) mass is 302 g/mol. The molecule has 0 saturated heterocycles. The zero-order valence-electron chi connectivity index (χ0n) is 10.7. The van der Waals surface area contributed by atoms with E-state index in [4.69, 9.17) is 0 Å². The smallest absolute Gasteiger partial charge is 0.283 e. The molecule has 0 fully saturated rings. The summed E-state index contributed by atoms with van der Waals surface area (Å²) in [5.41, 5.74) is 1.19. The van der Waals surface area contributed by atoms with E-state index in [0.29, 0.717) is 21.0 Å². The summed E-state index contributed by atoms with van der Waals surface area (Å²) in [6.45, 7) is 0. The van der Waals surface area contributed by atoms with Crippen LogP contribution in [0.4, 0.5) is 11.4 Å². The first-order chi connectivity index (χ1) is 10.0. The molecule has 0 bridgehead atoms. The number of nitrogens with zero attached hydrogens (tertiary/aromatic N) is 1. The minimum Gasteiger partial charge on any atom is -0.508 e. The van der Waals surface area contributed by atoms with Crippen LogP contribution in [0.2, 0.25) is 0 Å². The van der Waals surface area contributed by atoms with Crippen LogP contribution in [0.1, 0.15) is 5.56 Å². The molecule has 0 atom stereocenters. The number of hydrogen-bond acceptors (Lipinski definition) is 5. The molecule has 0 aromatic heterocycles. The first-order valence-electron chi connectivity index (χ1n) is 6.11. The summed E-state index contributed by atoms with van der Waals surface area (Å²) in [5.74, 6) is -0.0732. The van der Waals surface area contributed by atoms with Crippen molar-refractivity contribution in [2.75, 3.05) is 5.32 Å². The van der Waals surface area contributed by atoms with Crippen molar-refractivity contribution in [1.82, 2.24) is 0 Å². The summed E-state index contributed by atoms with van der Waals surface area (Å²) in [4.78, 5) is 23.2. The molecule has 21 heavy (non-hydrogen) atoms. The first-order valence-corrected chi connectivity index (χ1v) is 6.92. The second-order valence-corrected chi connectivity index (χ2v) is 5.67. The van der Waals surface area contributed by atoms with Gasteiger partial charge >= 0.3 is 0 Å². The maximum atomic E-state index is 11.4. The van der Waals surface area contributed by atoms with Gasteiger partial charge in [0.05, 0.1) is 16.2 Å². The van der Waals surface area contributed by atoms with Crippen molar-refractivity contribution in [2.45, 2.75) is 16.2 Å². The van der Waals surface area contributed by atoms with Crippen LogP contribution in [0, 0.1) is 10.1 Å². The van der Waals surface area contributed by atoms with Gasteiger partial charge in [0.2, 0.25) is 5.91 Å². The molecule has 2 aromatic carbocycles. The second kappa shape index (κ2) is 5.10. The fourth-order valence-corrected chi connectivity index (χ4v) is 3.14. The van der Waals surface area contributed by atoms with Crippen LogP contribution in [-0.4, -0.2) is 15.9 Å². The Balaban J connectivity index is 2.03. The van der Waals surface area contributed by atoms with E-state index < -0.39 is 4.92 Å². The number of fused-ring (bicyclic) bond motifs is 1. The number of carbonyl (C=O) groups is 1. The Bertz CT molecular complexity index is 761. The van der Waals surface area contributed by atoms with Crippen LogP contribution in [-0.2, 0) is 11.2 Å². The number of nitro groups is 1. The summed E-state index contributed by atoms with van der Waals surface area (Å²) in [7, 11) is 0. The molecule has 106 valence electrons. The van der Waals surface area contributed by atoms with Gasteiger partial charge in [-0.2, -0.15) is 0 Å². The highest BCUT2D eigenvalue weighted by atomic mass is 32.2. The van der Waals surface area contributed by atoms with Crippen LogP contribution in [0.25, 0.3) is 0 Å². The summed E-state index contributed by atoms with van der Waals surface area (Å²) >= 11 is 1.17. The number of benzene rings is 2. The van der Waals surface area contributed by atoms with E-state index >= 15 is 0 Å². The fraction of sp³-hybridized carbons (Fsp3) is 0.0714. The van der Waals surface area contributed by atoms with Crippen molar-refractivity contribution < 1.29 is 14.8 Å². The Kier molecular flexibility index (Phi) is 3.26. The minimum absolute atomic E-state index is 0.0430. The van der Waals surface area contributed by atoms with Gasteiger partial charge in [-0.25, -0.2) is 0 Å². The topological polar surface area (TPSA) is 92.5 Å². The average molecular weight is 302 g/mol. The average Bonchev–Trinajstić information content (AvgIpc) is 2.76. The van der Waals surface area contributed by atoms with Gasteiger partial charge in [-0.1, -0.05) is 17.8 Å². The molecule has 1 aliphatic heterocycles. The Labute approximate surface area is 123 Å². The van der Waals surface area contributed by atoms with Crippen molar-refractivity contribution >= 4 is 29.0 Å². The lowest BCUT2D eigenvalue weighted by Crippen LogP contribution is -2.03. The zero-order chi connectivity index (χ0) is 15.0. The predicted molar refractivity (Wildman–Crippen MR) is 77.7 cm³/mol. The zero-order valence-corrected chi connectivity index (χ0v) is 11.5. The molecule has 1 heterocycles. The molecular weight excluding hydrogens is 292 g/mol. The standard InChI is InChI=1S/C14H10N2O4S/c17-9-2-1-3-10(6-9)21-13-7-11-8(5-14(18)15-11)4-12(13)16(19)20/h1-4,6-7,17H,5H2,(H,15,18). The Morgan fingerprint density at radius 1 is 1.29 bits per heavy atom. The van der Waals surface area contributed by atoms with Gasteiger partial charge in [0.15, 0.2) is 0 Å². The Hall–Kier alpha value is -2.54. The highest BCUT2D eigenvalue weighted by molar-refractivity contribution is 7.99. The number of phenolic OH excluding ortho intramolecular Hbond substituents is 1. The van der Waals surface area contributed by atoms with Gasteiger partial charge < -0.3 is 10.4 Å². The normalized spacial score (nSPS) is 12.9.